The Hall–Kier alpha value is -2.24. The van der Waals surface area contributed by atoms with Crippen molar-refractivity contribution < 1.29 is 14.3 Å². The molecular formula is C17H16Cl2N2O3. The fourth-order valence-electron chi connectivity index (χ4n) is 1.97. The highest BCUT2D eigenvalue weighted by molar-refractivity contribution is 6.32. The largest absolute Gasteiger partial charge is 0.495 e. The van der Waals surface area contributed by atoms with Gasteiger partial charge in [-0.1, -0.05) is 29.3 Å². The van der Waals surface area contributed by atoms with E-state index in [1.807, 2.05) is 12.1 Å². The second-order valence-corrected chi connectivity index (χ2v) is 5.57. The summed E-state index contributed by atoms with van der Waals surface area (Å²) in [6.07, 6.45) is 4.50. The van der Waals surface area contributed by atoms with Gasteiger partial charge in [-0.2, -0.15) is 0 Å². The smallest absolute Gasteiger partial charge is 0.330 e. The summed E-state index contributed by atoms with van der Waals surface area (Å²) in [5.74, 6) is 0.173. The Morgan fingerprint density at radius 3 is 2.75 bits per heavy atom. The number of nitrogens with zero attached hydrogens (tertiary/aromatic N) is 1. The zero-order chi connectivity index (χ0) is 17.5. The first-order chi connectivity index (χ1) is 11.5. The second-order valence-electron chi connectivity index (χ2n) is 4.77. The minimum absolute atomic E-state index is 0.348. The predicted molar refractivity (Wildman–Crippen MR) is 95.6 cm³/mol. The number of carbonyl (C=O) groups is 1. The molecule has 0 spiro atoms. The van der Waals surface area contributed by atoms with Gasteiger partial charge in [0.25, 0.3) is 0 Å². The van der Waals surface area contributed by atoms with Crippen molar-refractivity contribution in [2.45, 2.75) is 6.54 Å². The Bertz CT molecular complexity index is 763. The fraction of sp³-hybridized carbons (Fsp3) is 0.176. The third kappa shape index (κ3) is 4.88. The molecule has 0 bridgehead atoms. The zero-order valence-electron chi connectivity index (χ0n) is 13.2. The highest BCUT2D eigenvalue weighted by Crippen LogP contribution is 2.26. The molecule has 1 aromatic heterocycles. The first kappa shape index (κ1) is 18.1. The zero-order valence-corrected chi connectivity index (χ0v) is 14.7. The maximum absolute atomic E-state index is 11.2. The molecule has 2 rings (SSSR count). The van der Waals surface area contributed by atoms with Gasteiger partial charge < -0.3 is 14.8 Å². The fourth-order valence-corrected chi connectivity index (χ4v) is 2.41. The number of aromatic nitrogens is 1. The lowest BCUT2D eigenvalue weighted by Gasteiger charge is -2.11. The Balaban J connectivity index is 2.16. The topological polar surface area (TPSA) is 60.5 Å². The molecule has 5 nitrogen and oxygen atoms in total. The van der Waals surface area contributed by atoms with E-state index in [4.69, 9.17) is 27.9 Å². The van der Waals surface area contributed by atoms with E-state index in [1.54, 1.807) is 31.5 Å². The van der Waals surface area contributed by atoms with Crippen molar-refractivity contribution in [1.29, 1.82) is 0 Å². The molecule has 126 valence electrons. The van der Waals surface area contributed by atoms with Gasteiger partial charge in [0.2, 0.25) is 0 Å². The third-order valence-electron chi connectivity index (χ3n) is 3.20. The Kier molecular flexibility index (Phi) is 6.46. The molecule has 1 heterocycles. The Labute approximate surface area is 150 Å². The van der Waals surface area contributed by atoms with Gasteiger partial charge in [0, 0.05) is 30.1 Å². The van der Waals surface area contributed by atoms with E-state index in [0.29, 0.717) is 28.0 Å². The number of esters is 1. The Morgan fingerprint density at radius 1 is 1.29 bits per heavy atom. The molecule has 0 amide bonds. The first-order valence-electron chi connectivity index (χ1n) is 7.01. The van der Waals surface area contributed by atoms with Crippen molar-refractivity contribution in [1.82, 2.24) is 4.98 Å². The molecule has 0 atom stereocenters. The summed E-state index contributed by atoms with van der Waals surface area (Å²) in [5, 5.41) is 4.13. The quantitative estimate of drug-likeness (QED) is 0.471. The monoisotopic (exact) mass is 366 g/mol. The molecule has 0 saturated heterocycles. The van der Waals surface area contributed by atoms with Crippen LogP contribution in [0.4, 0.5) is 5.69 Å². The highest BCUT2D eigenvalue weighted by Gasteiger charge is 2.05. The molecule has 0 aliphatic carbocycles. The summed E-state index contributed by atoms with van der Waals surface area (Å²) in [4.78, 5) is 15.3. The molecule has 0 fully saturated rings. The molecule has 0 aliphatic rings. The van der Waals surface area contributed by atoms with Crippen LogP contribution in [0.25, 0.3) is 6.08 Å². The van der Waals surface area contributed by atoms with Crippen LogP contribution in [0.5, 0.6) is 5.75 Å². The number of hydrogen-bond acceptors (Lipinski definition) is 5. The van der Waals surface area contributed by atoms with Crippen molar-refractivity contribution in [3.05, 3.63) is 57.8 Å². The van der Waals surface area contributed by atoms with Crippen LogP contribution in [0.2, 0.25) is 10.2 Å². The predicted octanol–water partition coefficient (Wildman–Crippen LogP) is 4.20. The standard InChI is InChI=1S/C17H16Cl2N2O3/c1-23-15-5-3-11(7-13(15)18)9-20-14-8-16(19)21-10-12(14)4-6-17(22)24-2/h3-8,10H,9H2,1-2H3,(H,20,21). The molecule has 0 saturated carbocycles. The summed E-state index contributed by atoms with van der Waals surface area (Å²) < 4.78 is 9.71. The number of carbonyl (C=O) groups excluding carboxylic acids is 1. The summed E-state index contributed by atoms with van der Waals surface area (Å²) >= 11 is 12.1. The number of benzene rings is 1. The minimum Gasteiger partial charge on any atom is -0.495 e. The van der Waals surface area contributed by atoms with Crippen LogP contribution in [0, 0.1) is 0 Å². The van der Waals surface area contributed by atoms with Gasteiger partial charge in [0.15, 0.2) is 0 Å². The van der Waals surface area contributed by atoms with Crippen molar-refractivity contribution in [2.75, 3.05) is 19.5 Å². The SMILES string of the molecule is COC(=O)C=Cc1cnc(Cl)cc1NCc1ccc(OC)c(Cl)c1. The van der Waals surface area contributed by atoms with E-state index >= 15 is 0 Å². The average Bonchev–Trinajstić information content (AvgIpc) is 2.58. The number of methoxy groups -OCH3 is 2. The molecule has 1 aromatic carbocycles. The van der Waals surface area contributed by atoms with Crippen LogP contribution in [-0.2, 0) is 16.1 Å². The number of ether oxygens (including phenoxy) is 2. The van der Waals surface area contributed by atoms with Gasteiger partial charge in [-0.05, 0) is 29.8 Å². The molecular weight excluding hydrogens is 351 g/mol. The van der Waals surface area contributed by atoms with Gasteiger partial charge in [0.1, 0.15) is 10.9 Å². The number of halogens is 2. The molecule has 0 radical (unpaired) electrons. The van der Waals surface area contributed by atoms with E-state index < -0.39 is 5.97 Å². The van der Waals surface area contributed by atoms with Gasteiger partial charge in [-0.15, -0.1) is 0 Å². The van der Waals surface area contributed by atoms with Gasteiger partial charge >= 0.3 is 5.97 Å². The van der Waals surface area contributed by atoms with Crippen molar-refractivity contribution in [2.24, 2.45) is 0 Å². The maximum atomic E-state index is 11.2. The van der Waals surface area contributed by atoms with Crippen LogP contribution in [-0.4, -0.2) is 25.2 Å². The van der Waals surface area contributed by atoms with Crippen LogP contribution in [0.3, 0.4) is 0 Å². The number of anilines is 1. The first-order valence-corrected chi connectivity index (χ1v) is 7.77. The van der Waals surface area contributed by atoms with Crippen molar-refractivity contribution in [3.63, 3.8) is 0 Å². The second kappa shape index (κ2) is 8.57. The molecule has 7 heteroatoms. The van der Waals surface area contributed by atoms with Crippen LogP contribution in [0.15, 0.2) is 36.5 Å². The van der Waals surface area contributed by atoms with Gasteiger partial charge in [-0.3, -0.25) is 0 Å². The number of nitrogens with one attached hydrogen (secondary N) is 1. The summed E-state index contributed by atoms with van der Waals surface area (Å²) in [5.41, 5.74) is 2.42. The lowest BCUT2D eigenvalue weighted by atomic mass is 10.2. The van der Waals surface area contributed by atoms with E-state index in [9.17, 15) is 4.79 Å². The number of hydrogen-bond donors (Lipinski definition) is 1. The van der Waals surface area contributed by atoms with E-state index in [1.165, 1.54) is 13.2 Å². The number of rotatable bonds is 6. The summed E-state index contributed by atoms with van der Waals surface area (Å²) in [6, 6.07) is 7.21. The molecule has 24 heavy (non-hydrogen) atoms. The van der Waals surface area contributed by atoms with Gasteiger partial charge in [0.05, 0.1) is 19.2 Å². The average molecular weight is 367 g/mol. The number of pyridine rings is 1. The van der Waals surface area contributed by atoms with Crippen LogP contribution < -0.4 is 10.1 Å². The molecule has 0 unspecified atom stereocenters. The Morgan fingerprint density at radius 2 is 2.08 bits per heavy atom. The third-order valence-corrected chi connectivity index (χ3v) is 3.70. The normalized spacial score (nSPS) is 10.7. The van der Waals surface area contributed by atoms with Crippen molar-refractivity contribution >= 4 is 40.9 Å². The summed E-state index contributed by atoms with van der Waals surface area (Å²) in [6.45, 7) is 0.517. The molecule has 2 aromatic rings. The van der Waals surface area contributed by atoms with Crippen LogP contribution in [0.1, 0.15) is 11.1 Å². The summed E-state index contributed by atoms with van der Waals surface area (Å²) in [7, 11) is 2.89. The molecule has 1 N–H and O–H groups in total. The van der Waals surface area contributed by atoms with Crippen molar-refractivity contribution in [3.8, 4) is 5.75 Å². The van der Waals surface area contributed by atoms with E-state index in [0.717, 1.165) is 11.3 Å². The lowest BCUT2D eigenvalue weighted by Crippen LogP contribution is -2.02. The van der Waals surface area contributed by atoms with Gasteiger partial charge in [-0.25, -0.2) is 9.78 Å². The van der Waals surface area contributed by atoms with Crippen LogP contribution >= 0.6 is 23.2 Å². The van der Waals surface area contributed by atoms with E-state index in [-0.39, 0.29) is 0 Å². The minimum atomic E-state index is -0.446. The van der Waals surface area contributed by atoms with E-state index in [2.05, 4.69) is 15.0 Å². The maximum Gasteiger partial charge on any atom is 0.330 e. The lowest BCUT2D eigenvalue weighted by molar-refractivity contribution is -0.134. The highest BCUT2D eigenvalue weighted by atomic mass is 35.5. The molecule has 0 aliphatic heterocycles.